The van der Waals surface area contributed by atoms with E-state index in [1.54, 1.807) is 0 Å². The van der Waals surface area contributed by atoms with E-state index < -0.39 is 5.66 Å². The molecule has 1 heterocycles. The van der Waals surface area contributed by atoms with Crippen molar-refractivity contribution in [1.29, 1.82) is 0 Å². The van der Waals surface area contributed by atoms with Crippen molar-refractivity contribution in [2.45, 2.75) is 19.5 Å². The van der Waals surface area contributed by atoms with Gasteiger partial charge in [0, 0.05) is 0 Å². The molecule has 0 bridgehead atoms. The van der Waals surface area contributed by atoms with Crippen molar-refractivity contribution in [3.63, 3.8) is 0 Å². The van der Waals surface area contributed by atoms with Crippen molar-refractivity contribution in [2.75, 3.05) is 6.61 Å². The standard InChI is InChI=1S/C14H19N5O/c1-14(2)18-12(15)17-13(16)19(14)20-10-6-9-11-7-4-3-5-8-11/h3-9H,10H2,1-2H3,(H4,15,16,17,18)/b9-6-. The number of rotatable bonds is 4. The molecule has 0 unspecified atom stereocenters. The molecule has 0 spiro atoms. The molecule has 1 aromatic rings. The normalized spacial score (nSPS) is 18.0. The van der Waals surface area contributed by atoms with E-state index in [0.29, 0.717) is 6.61 Å². The zero-order valence-electron chi connectivity index (χ0n) is 11.7. The highest BCUT2D eigenvalue weighted by atomic mass is 16.7. The molecular formula is C14H19N5O. The summed E-state index contributed by atoms with van der Waals surface area (Å²) in [6, 6.07) is 9.97. The van der Waals surface area contributed by atoms with Gasteiger partial charge in [-0.1, -0.05) is 42.5 Å². The zero-order valence-corrected chi connectivity index (χ0v) is 11.7. The first kappa shape index (κ1) is 14.1. The topological polar surface area (TPSA) is 89.2 Å². The highest BCUT2D eigenvalue weighted by Gasteiger charge is 2.32. The van der Waals surface area contributed by atoms with Crippen molar-refractivity contribution in [3.8, 4) is 0 Å². The minimum absolute atomic E-state index is 0.159. The van der Waals surface area contributed by atoms with Crippen LogP contribution >= 0.6 is 0 Å². The Kier molecular flexibility index (Phi) is 4.05. The third kappa shape index (κ3) is 3.36. The number of hydrogen-bond acceptors (Lipinski definition) is 6. The molecule has 4 N–H and O–H groups in total. The van der Waals surface area contributed by atoms with E-state index in [0.717, 1.165) is 5.56 Å². The van der Waals surface area contributed by atoms with E-state index in [4.69, 9.17) is 16.3 Å². The molecule has 20 heavy (non-hydrogen) atoms. The van der Waals surface area contributed by atoms with Crippen LogP contribution in [0.1, 0.15) is 19.4 Å². The highest BCUT2D eigenvalue weighted by Crippen LogP contribution is 2.19. The van der Waals surface area contributed by atoms with Gasteiger partial charge in [0.05, 0.1) is 6.61 Å². The Morgan fingerprint density at radius 2 is 1.95 bits per heavy atom. The largest absolute Gasteiger partial charge is 0.368 e. The lowest BCUT2D eigenvalue weighted by Crippen LogP contribution is -2.53. The van der Waals surface area contributed by atoms with Gasteiger partial charge in [0.15, 0.2) is 5.66 Å². The molecule has 0 aliphatic carbocycles. The number of nitrogens with zero attached hydrogens (tertiary/aromatic N) is 3. The molecule has 0 amide bonds. The molecule has 6 nitrogen and oxygen atoms in total. The van der Waals surface area contributed by atoms with Gasteiger partial charge in [0.25, 0.3) is 0 Å². The van der Waals surface area contributed by atoms with E-state index in [2.05, 4.69) is 9.98 Å². The first-order valence-electron chi connectivity index (χ1n) is 6.33. The fraction of sp³-hybridized carbons (Fsp3) is 0.286. The molecule has 0 radical (unpaired) electrons. The molecule has 0 aromatic heterocycles. The quantitative estimate of drug-likeness (QED) is 0.865. The van der Waals surface area contributed by atoms with Crippen molar-refractivity contribution >= 4 is 18.0 Å². The number of hydrogen-bond donors (Lipinski definition) is 2. The molecule has 1 aliphatic heterocycles. The SMILES string of the molecule is CC1(C)N=C(N)N=C(N)N1OC/C=C\c1ccccc1. The average Bonchev–Trinajstić information content (AvgIpc) is 2.37. The summed E-state index contributed by atoms with van der Waals surface area (Å²) in [6.45, 7) is 4.06. The minimum Gasteiger partial charge on any atom is -0.368 e. The maximum Gasteiger partial charge on any atom is 0.226 e. The van der Waals surface area contributed by atoms with Crippen LogP contribution in [0.3, 0.4) is 0 Å². The lowest BCUT2D eigenvalue weighted by molar-refractivity contribution is -0.146. The summed E-state index contributed by atoms with van der Waals surface area (Å²) in [5.74, 6) is 0.364. The summed E-state index contributed by atoms with van der Waals surface area (Å²) >= 11 is 0. The van der Waals surface area contributed by atoms with Crippen LogP contribution in [0.4, 0.5) is 0 Å². The molecule has 0 atom stereocenters. The molecular weight excluding hydrogens is 254 g/mol. The van der Waals surface area contributed by atoms with Crippen LogP contribution in [-0.4, -0.2) is 29.3 Å². The smallest absolute Gasteiger partial charge is 0.226 e. The molecule has 6 heteroatoms. The average molecular weight is 273 g/mol. The van der Waals surface area contributed by atoms with E-state index in [-0.39, 0.29) is 11.9 Å². The van der Waals surface area contributed by atoms with Gasteiger partial charge < -0.3 is 11.5 Å². The van der Waals surface area contributed by atoms with Gasteiger partial charge in [-0.25, -0.2) is 4.99 Å². The third-order valence-electron chi connectivity index (χ3n) is 2.73. The minimum atomic E-state index is -0.670. The molecule has 0 saturated heterocycles. The van der Waals surface area contributed by atoms with Crippen molar-refractivity contribution < 1.29 is 4.84 Å². The summed E-state index contributed by atoms with van der Waals surface area (Å²) in [6.07, 6.45) is 3.88. The molecule has 1 aliphatic rings. The Labute approximate surface area is 118 Å². The number of guanidine groups is 2. The van der Waals surface area contributed by atoms with Gasteiger partial charge in [0.2, 0.25) is 11.9 Å². The Hall–Kier alpha value is -2.34. The summed E-state index contributed by atoms with van der Waals surface area (Å²) in [5, 5.41) is 1.46. The van der Waals surface area contributed by atoms with Crippen LogP contribution in [0.2, 0.25) is 0 Å². The Bertz CT molecular complexity index is 548. The van der Waals surface area contributed by atoms with Crippen LogP contribution in [0.5, 0.6) is 0 Å². The fourth-order valence-corrected chi connectivity index (χ4v) is 1.88. The van der Waals surface area contributed by atoms with Crippen LogP contribution < -0.4 is 11.5 Å². The van der Waals surface area contributed by atoms with Gasteiger partial charge in [-0.3, -0.25) is 4.84 Å². The third-order valence-corrected chi connectivity index (χ3v) is 2.73. The van der Waals surface area contributed by atoms with Gasteiger partial charge in [0.1, 0.15) is 0 Å². The maximum atomic E-state index is 5.80. The zero-order chi connectivity index (χ0) is 14.6. The molecule has 106 valence electrons. The molecule has 0 saturated carbocycles. The van der Waals surface area contributed by atoms with E-state index >= 15 is 0 Å². The van der Waals surface area contributed by atoms with Crippen molar-refractivity contribution in [1.82, 2.24) is 5.06 Å². The van der Waals surface area contributed by atoms with Crippen LogP contribution in [-0.2, 0) is 4.84 Å². The summed E-state index contributed by atoms with van der Waals surface area (Å²) in [7, 11) is 0. The number of nitrogens with two attached hydrogens (primary N) is 2. The van der Waals surface area contributed by atoms with Crippen LogP contribution in [0.15, 0.2) is 46.4 Å². The van der Waals surface area contributed by atoms with Gasteiger partial charge in [-0.15, -0.1) is 0 Å². The Balaban J connectivity index is 1.94. The van der Waals surface area contributed by atoms with Gasteiger partial charge in [-0.05, 0) is 19.4 Å². The van der Waals surface area contributed by atoms with E-state index in [1.807, 2.05) is 56.3 Å². The Morgan fingerprint density at radius 1 is 1.25 bits per heavy atom. The highest BCUT2D eigenvalue weighted by molar-refractivity contribution is 5.95. The summed E-state index contributed by atoms with van der Waals surface area (Å²) in [4.78, 5) is 13.7. The second-order valence-electron chi connectivity index (χ2n) is 4.84. The van der Waals surface area contributed by atoms with E-state index in [9.17, 15) is 0 Å². The van der Waals surface area contributed by atoms with Crippen molar-refractivity contribution in [2.24, 2.45) is 21.5 Å². The number of benzene rings is 1. The second-order valence-corrected chi connectivity index (χ2v) is 4.84. The lowest BCUT2D eigenvalue weighted by Gasteiger charge is -2.36. The second kappa shape index (κ2) is 5.75. The molecule has 2 rings (SSSR count). The number of hydroxylamine groups is 2. The van der Waals surface area contributed by atoms with Gasteiger partial charge >= 0.3 is 0 Å². The molecule has 0 fully saturated rings. The lowest BCUT2D eigenvalue weighted by atomic mass is 10.2. The maximum absolute atomic E-state index is 5.80. The predicted octanol–water partition coefficient (Wildman–Crippen LogP) is 1.31. The van der Waals surface area contributed by atoms with Gasteiger partial charge in [-0.2, -0.15) is 10.1 Å². The predicted molar refractivity (Wildman–Crippen MR) is 80.6 cm³/mol. The van der Waals surface area contributed by atoms with Crippen molar-refractivity contribution in [3.05, 3.63) is 42.0 Å². The van der Waals surface area contributed by atoms with Crippen LogP contribution in [0.25, 0.3) is 6.08 Å². The monoisotopic (exact) mass is 273 g/mol. The van der Waals surface area contributed by atoms with E-state index in [1.165, 1.54) is 5.06 Å². The number of aliphatic imine (C=N–C) groups is 2. The van der Waals surface area contributed by atoms with Crippen LogP contribution in [0, 0.1) is 0 Å². The Morgan fingerprint density at radius 3 is 2.60 bits per heavy atom. The summed E-state index contributed by atoms with van der Waals surface area (Å²) < 4.78 is 0. The summed E-state index contributed by atoms with van der Waals surface area (Å²) in [5.41, 5.74) is 11.8. The first-order valence-corrected chi connectivity index (χ1v) is 6.33. The molecule has 1 aromatic carbocycles. The fourth-order valence-electron chi connectivity index (χ4n) is 1.88. The first-order chi connectivity index (χ1) is 9.49.